The minimum Gasteiger partial charge on any atom is -0.461 e. The molecule has 1 aliphatic carbocycles. The van der Waals surface area contributed by atoms with E-state index in [0.717, 1.165) is 73.5 Å². The molecule has 0 radical (unpaired) electrons. The number of aromatic amines is 1. The molecule has 5 aliphatic heterocycles. The van der Waals surface area contributed by atoms with Crippen molar-refractivity contribution in [3.05, 3.63) is 35.4 Å². The minimum atomic E-state index is -0.894. The zero-order valence-corrected chi connectivity index (χ0v) is 26.2. The number of carbonyl (C=O) groups excluding carboxylic acids is 1. The molecule has 4 aromatic rings. The maximum atomic E-state index is 17.2. The Balaban J connectivity index is 1.22. The molecule has 1 amide bonds. The lowest BCUT2D eigenvalue weighted by molar-refractivity contribution is 0.107. The molecule has 47 heavy (non-hydrogen) atoms. The number of ether oxygens (including phenoxy) is 2. The summed E-state index contributed by atoms with van der Waals surface area (Å²) in [6, 6.07) is 1.97. The van der Waals surface area contributed by atoms with E-state index in [-0.39, 0.29) is 42.4 Å². The maximum Gasteiger partial charge on any atom is 0.407 e. The van der Waals surface area contributed by atoms with Crippen LogP contribution in [-0.2, 0) is 11.2 Å². The van der Waals surface area contributed by atoms with Gasteiger partial charge in [-0.05, 0) is 81.0 Å². The number of alkyl carbamates (subject to hydrolysis) is 1. The number of carbonyl (C=O) groups is 1. The summed E-state index contributed by atoms with van der Waals surface area (Å²) in [5, 5.41) is 11.7. The summed E-state index contributed by atoms with van der Waals surface area (Å²) in [5.41, 5.74) is 3.58. The smallest absolute Gasteiger partial charge is 0.407 e. The van der Waals surface area contributed by atoms with E-state index < -0.39 is 23.6 Å². The van der Waals surface area contributed by atoms with Crippen LogP contribution in [0.25, 0.3) is 33.1 Å². The van der Waals surface area contributed by atoms with Gasteiger partial charge < -0.3 is 19.7 Å². The van der Waals surface area contributed by atoms with Crippen LogP contribution in [0.15, 0.2) is 18.5 Å². The summed E-state index contributed by atoms with van der Waals surface area (Å²) >= 11 is 0. The number of hydrogen-bond donors (Lipinski definition) is 2. The molecule has 8 heterocycles. The first kappa shape index (κ1) is 29.0. The molecule has 13 heteroatoms. The first-order valence-corrected chi connectivity index (χ1v) is 17.0. The van der Waals surface area contributed by atoms with Gasteiger partial charge in [0.05, 0.1) is 29.2 Å². The van der Waals surface area contributed by atoms with E-state index in [1.807, 2.05) is 0 Å². The van der Waals surface area contributed by atoms with Crippen molar-refractivity contribution in [3.63, 3.8) is 0 Å². The molecule has 6 bridgehead atoms. The fourth-order valence-corrected chi connectivity index (χ4v) is 8.96. The molecule has 4 atom stereocenters. The SMILES string of the molecule is O=C1N[C@@H]2CCCCN(C2)c2nc(OC[C@@]34CCCN3C[C@H](F)C4)nc3c(F)c(ncc23)-c2c3c(cc4[nH]ncc24)CC[C@H]3CCO1. The molecule has 246 valence electrons. The number of nitrogens with zero attached hydrogens (tertiary/aromatic N) is 6. The van der Waals surface area contributed by atoms with Crippen molar-refractivity contribution in [1.82, 2.24) is 35.4 Å². The van der Waals surface area contributed by atoms with Gasteiger partial charge in [-0.25, -0.2) is 13.6 Å². The predicted octanol–water partition coefficient (Wildman–Crippen LogP) is 5.18. The van der Waals surface area contributed by atoms with Crippen LogP contribution in [0.3, 0.4) is 0 Å². The van der Waals surface area contributed by atoms with Crippen LogP contribution < -0.4 is 15.0 Å². The topological polar surface area (TPSA) is 121 Å². The van der Waals surface area contributed by atoms with Crippen molar-refractivity contribution in [3.8, 4) is 17.3 Å². The minimum absolute atomic E-state index is 0.0597. The number of H-pyrrole nitrogens is 1. The third-order valence-corrected chi connectivity index (χ3v) is 11.1. The Morgan fingerprint density at radius 1 is 1.09 bits per heavy atom. The second-order valence-electron chi connectivity index (χ2n) is 14.0. The Kier molecular flexibility index (Phi) is 6.95. The molecule has 10 rings (SSSR count). The van der Waals surface area contributed by atoms with Gasteiger partial charge in [-0.15, -0.1) is 0 Å². The normalized spacial score (nSPS) is 27.7. The largest absolute Gasteiger partial charge is 0.461 e. The molecule has 3 fully saturated rings. The highest BCUT2D eigenvalue weighted by molar-refractivity contribution is 6.00. The monoisotopic (exact) mass is 644 g/mol. The second-order valence-corrected chi connectivity index (χ2v) is 14.0. The number of amides is 1. The maximum absolute atomic E-state index is 17.2. The van der Waals surface area contributed by atoms with E-state index in [2.05, 4.69) is 31.4 Å². The average Bonchev–Trinajstić information content (AvgIpc) is 3.80. The van der Waals surface area contributed by atoms with Crippen LogP contribution in [0.4, 0.5) is 19.4 Å². The zero-order chi connectivity index (χ0) is 31.7. The van der Waals surface area contributed by atoms with E-state index in [0.29, 0.717) is 49.2 Å². The lowest BCUT2D eigenvalue weighted by atomic mass is 9.89. The van der Waals surface area contributed by atoms with Crippen molar-refractivity contribution in [2.24, 2.45) is 0 Å². The predicted molar refractivity (Wildman–Crippen MR) is 171 cm³/mol. The number of anilines is 1. The van der Waals surface area contributed by atoms with Gasteiger partial charge in [0.15, 0.2) is 5.82 Å². The molecule has 0 spiro atoms. The number of halogens is 2. The van der Waals surface area contributed by atoms with Crippen LogP contribution >= 0.6 is 0 Å². The van der Waals surface area contributed by atoms with Crippen LogP contribution in [0.5, 0.6) is 6.01 Å². The van der Waals surface area contributed by atoms with Gasteiger partial charge in [0.25, 0.3) is 0 Å². The summed E-state index contributed by atoms with van der Waals surface area (Å²) in [4.78, 5) is 31.6. The number of fused-ring (bicyclic) bond motifs is 7. The molecule has 6 aliphatic rings. The number of aromatic nitrogens is 5. The van der Waals surface area contributed by atoms with Gasteiger partial charge in [0, 0.05) is 49.2 Å². The molecular formula is C34H38F2N8O3. The third-order valence-electron chi connectivity index (χ3n) is 11.1. The molecule has 11 nitrogen and oxygen atoms in total. The summed E-state index contributed by atoms with van der Waals surface area (Å²) in [6.07, 6.45) is 9.18. The lowest BCUT2D eigenvalue weighted by Crippen LogP contribution is -2.44. The number of aryl methyl sites for hydroxylation is 1. The number of alkyl halides is 1. The molecular weight excluding hydrogens is 606 g/mol. The molecule has 3 aromatic heterocycles. The Bertz CT molecular complexity index is 1890. The van der Waals surface area contributed by atoms with Crippen LogP contribution in [0.1, 0.15) is 68.4 Å². The quantitative estimate of drug-likeness (QED) is 0.311. The van der Waals surface area contributed by atoms with Crippen LogP contribution in [0.2, 0.25) is 0 Å². The standard InChI is InChI=1S/C34H38F2N8O3/c35-21-13-34(8-3-10-44(34)16-21)18-47-32-40-29-24-14-37-30(28(29)36)27-23-15-38-42-25(23)12-20-6-5-19(26(20)27)7-11-46-33(45)39-22-4-1-2-9-43(17-22)31(24)41-32/h12,14-15,19,21-22H,1-11,13,16-18H2,(H,38,42)(H,39,45)/t19-,21+,22+,34-/m0/s1. The Hall–Kier alpha value is -4.13. The third kappa shape index (κ3) is 4.87. The van der Waals surface area contributed by atoms with Gasteiger partial charge >= 0.3 is 12.1 Å². The fraction of sp³-hybridized carbons (Fsp3) is 0.559. The number of nitrogens with one attached hydrogen (secondary N) is 2. The zero-order valence-electron chi connectivity index (χ0n) is 26.2. The molecule has 1 aromatic carbocycles. The van der Waals surface area contributed by atoms with E-state index in [9.17, 15) is 9.18 Å². The summed E-state index contributed by atoms with van der Waals surface area (Å²) in [6.45, 7) is 2.87. The summed E-state index contributed by atoms with van der Waals surface area (Å²) < 4.78 is 43.8. The number of benzene rings is 1. The van der Waals surface area contributed by atoms with Gasteiger partial charge in [0.1, 0.15) is 29.8 Å². The summed E-state index contributed by atoms with van der Waals surface area (Å²) in [7, 11) is 0. The van der Waals surface area contributed by atoms with Crippen LogP contribution in [-0.4, -0.2) is 93.3 Å². The van der Waals surface area contributed by atoms with Crippen LogP contribution in [0, 0.1) is 5.82 Å². The van der Waals surface area contributed by atoms with Crippen molar-refractivity contribution < 1.29 is 23.0 Å². The molecule has 3 saturated heterocycles. The first-order chi connectivity index (χ1) is 23.0. The molecule has 0 unspecified atom stereocenters. The highest BCUT2D eigenvalue weighted by Crippen LogP contribution is 2.47. The van der Waals surface area contributed by atoms with E-state index in [1.54, 1.807) is 12.4 Å². The van der Waals surface area contributed by atoms with Crippen molar-refractivity contribution in [2.75, 3.05) is 44.3 Å². The Morgan fingerprint density at radius 2 is 2.02 bits per heavy atom. The molecule has 2 N–H and O–H groups in total. The van der Waals surface area contributed by atoms with Crippen molar-refractivity contribution >= 4 is 33.7 Å². The number of pyridine rings is 1. The molecule has 0 saturated carbocycles. The van der Waals surface area contributed by atoms with Crippen molar-refractivity contribution in [2.45, 2.75) is 81.5 Å². The average molecular weight is 645 g/mol. The Morgan fingerprint density at radius 3 is 2.96 bits per heavy atom. The van der Waals surface area contributed by atoms with E-state index in [1.165, 1.54) is 0 Å². The lowest BCUT2D eigenvalue weighted by Gasteiger charge is -2.31. The van der Waals surface area contributed by atoms with Gasteiger partial charge in [0.2, 0.25) is 0 Å². The fourth-order valence-electron chi connectivity index (χ4n) is 8.96. The highest BCUT2D eigenvalue weighted by Gasteiger charge is 2.49. The van der Waals surface area contributed by atoms with E-state index in [4.69, 9.17) is 24.4 Å². The summed E-state index contributed by atoms with van der Waals surface area (Å²) in [5.74, 6) is 0.0349. The first-order valence-electron chi connectivity index (χ1n) is 17.0. The highest BCUT2D eigenvalue weighted by atomic mass is 19.1. The van der Waals surface area contributed by atoms with Gasteiger partial charge in [-0.2, -0.15) is 15.1 Å². The second kappa shape index (κ2) is 11.2. The Labute approximate surface area is 270 Å². The van der Waals surface area contributed by atoms with Crippen molar-refractivity contribution in [1.29, 1.82) is 0 Å². The number of rotatable bonds is 3. The van der Waals surface area contributed by atoms with Gasteiger partial charge in [-0.3, -0.25) is 15.0 Å². The van der Waals surface area contributed by atoms with E-state index >= 15 is 4.39 Å². The number of hydrogen-bond acceptors (Lipinski definition) is 9. The van der Waals surface area contributed by atoms with Gasteiger partial charge in [-0.1, -0.05) is 0 Å².